The molecule has 0 N–H and O–H groups in total. The molecule has 0 fully saturated rings. The van der Waals surface area contributed by atoms with Crippen LogP contribution in [0.25, 0.3) is 0 Å². The number of methoxy groups -OCH3 is 1. The molecule has 1 nitrogen and oxygen atoms in total. The summed E-state index contributed by atoms with van der Waals surface area (Å²) in [4.78, 5) is 0. The van der Waals surface area contributed by atoms with Crippen LogP contribution in [0.5, 0.6) is 0 Å². The van der Waals surface area contributed by atoms with Crippen molar-refractivity contribution in [3.05, 3.63) is 0 Å². The largest absolute Gasteiger partial charge is 0.385 e. The van der Waals surface area contributed by atoms with E-state index in [2.05, 4.69) is 13.8 Å². The van der Waals surface area contributed by atoms with E-state index in [0.717, 1.165) is 12.5 Å². The van der Waals surface area contributed by atoms with Gasteiger partial charge in [-0.15, -0.1) is 0 Å². The maximum atomic E-state index is 4.98. The molecule has 0 aromatic rings. The quantitative estimate of drug-likeness (QED) is 0.521. The van der Waals surface area contributed by atoms with E-state index in [4.69, 9.17) is 4.74 Å². The van der Waals surface area contributed by atoms with Crippen LogP contribution in [0.4, 0.5) is 0 Å². The fourth-order valence-electron chi connectivity index (χ4n) is 1.21. The average Bonchev–Trinajstić information content (AvgIpc) is 1.99. The Labute approximate surface area is 64.8 Å². The van der Waals surface area contributed by atoms with Gasteiger partial charge in [-0.2, -0.15) is 0 Å². The van der Waals surface area contributed by atoms with Crippen molar-refractivity contribution < 1.29 is 4.74 Å². The van der Waals surface area contributed by atoms with Gasteiger partial charge in [-0.1, -0.05) is 26.7 Å². The van der Waals surface area contributed by atoms with E-state index in [1.54, 1.807) is 7.11 Å². The Bertz CT molecular complexity index is 57.7. The van der Waals surface area contributed by atoms with E-state index in [9.17, 15) is 0 Å². The summed E-state index contributed by atoms with van der Waals surface area (Å²) in [6.45, 7) is 5.46. The zero-order valence-corrected chi connectivity index (χ0v) is 7.52. The molecule has 1 heteroatoms. The molecule has 0 aromatic carbocycles. The molecule has 0 saturated heterocycles. The van der Waals surface area contributed by atoms with Gasteiger partial charge in [0.1, 0.15) is 0 Å². The molecule has 0 aliphatic carbocycles. The van der Waals surface area contributed by atoms with Gasteiger partial charge in [0.05, 0.1) is 0 Å². The molecule has 0 bridgehead atoms. The zero-order valence-electron chi connectivity index (χ0n) is 7.52. The lowest BCUT2D eigenvalue weighted by Gasteiger charge is -2.10. The van der Waals surface area contributed by atoms with Crippen LogP contribution < -0.4 is 0 Å². The Hall–Kier alpha value is -0.0400. The lowest BCUT2D eigenvalue weighted by molar-refractivity contribution is 0.186. The topological polar surface area (TPSA) is 9.23 Å². The summed E-state index contributed by atoms with van der Waals surface area (Å²) in [6.07, 6.45) is 5.20. The average molecular weight is 144 g/mol. The molecule has 0 amide bonds. The van der Waals surface area contributed by atoms with Crippen LogP contribution in [0.2, 0.25) is 0 Å². The van der Waals surface area contributed by atoms with Gasteiger partial charge >= 0.3 is 0 Å². The first-order chi connectivity index (χ1) is 4.85. The molecule has 0 heterocycles. The van der Waals surface area contributed by atoms with E-state index in [0.29, 0.717) is 0 Å². The number of hydrogen-bond acceptors (Lipinski definition) is 1. The van der Waals surface area contributed by atoms with Crippen LogP contribution in [-0.4, -0.2) is 13.7 Å². The number of ether oxygens (including phenoxy) is 1. The van der Waals surface area contributed by atoms with Gasteiger partial charge in [0.2, 0.25) is 0 Å². The van der Waals surface area contributed by atoms with Crippen molar-refractivity contribution in [2.45, 2.75) is 39.5 Å². The van der Waals surface area contributed by atoms with E-state index >= 15 is 0 Å². The molecular formula is C9H20O. The minimum atomic E-state index is 0.926. The highest BCUT2D eigenvalue weighted by Crippen LogP contribution is 2.13. The molecule has 0 aliphatic rings. The van der Waals surface area contributed by atoms with Gasteiger partial charge in [0.25, 0.3) is 0 Å². The Morgan fingerprint density at radius 3 is 2.20 bits per heavy atom. The van der Waals surface area contributed by atoms with Crippen molar-refractivity contribution in [2.24, 2.45) is 5.92 Å². The summed E-state index contributed by atoms with van der Waals surface area (Å²) in [6, 6.07) is 0. The molecule has 0 aliphatic heterocycles. The fraction of sp³-hybridized carbons (Fsp3) is 1.00. The minimum Gasteiger partial charge on any atom is -0.385 e. The van der Waals surface area contributed by atoms with Crippen molar-refractivity contribution in [3.63, 3.8) is 0 Å². The van der Waals surface area contributed by atoms with Gasteiger partial charge in [-0.3, -0.25) is 0 Å². The van der Waals surface area contributed by atoms with Crippen molar-refractivity contribution in [2.75, 3.05) is 13.7 Å². The van der Waals surface area contributed by atoms with Gasteiger partial charge in [-0.05, 0) is 18.8 Å². The first kappa shape index (κ1) is 9.96. The Kier molecular flexibility index (Phi) is 7.04. The summed E-state index contributed by atoms with van der Waals surface area (Å²) in [5, 5.41) is 0. The molecule has 62 valence electrons. The van der Waals surface area contributed by atoms with Gasteiger partial charge in [0, 0.05) is 13.7 Å². The van der Waals surface area contributed by atoms with Gasteiger partial charge in [-0.25, -0.2) is 0 Å². The van der Waals surface area contributed by atoms with E-state index < -0.39 is 0 Å². The van der Waals surface area contributed by atoms with Gasteiger partial charge < -0.3 is 4.74 Å². The van der Waals surface area contributed by atoms with Gasteiger partial charge in [0.15, 0.2) is 0 Å². The number of hydrogen-bond donors (Lipinski definition) is 0. The lowest BCUT2D eigenvalue weighted by Crippen LogP contribution is -1.99. The molecule has 0 radical (unpaired) electrons. The zero-order chi connectivity index (χ0) is 7.82. The predicted octanol–water partition coefficient (Wildman–Crippen LogP) is 2.85. The standard InChI is InChI=1S/C9H20O/c1-4-9(5-2)7-6-8-10-3/h9H,4-8H2,1-3H3. The van der Waals surface area contributed by atoms with E-state index in [1.165, 1.54) is 25.7 Å². The Morgan fingerprint density at radius 1 is 1.20 bits per heavy atom. The highest BCUT2D eigenvalue weighted by atomic mass is 16.5. The first-order valence-corrected chi connectivity index (χ1v) is 4.34. The first-order valence-electron chi connectivity index (χ1n) is 4.34. The molecule has 0 saturated carbocycles. The molecular weight excluding hydrogens is 124 g/mol. The second kappa shape index (κ2) is 7.07. The molecule has 0 aromatic heterocycles. The monoisotopic (exact) mass is 144 g/mol. The van der Waals surface area contributed by atoms with Crippen molar-refractivity contribution >= 4 is 0 Å². The normalized spacial score (nSPS) is 10.8. The van der Waals surface area contributed by atoms with Crippen molar-refractivity contribution in [1.82, 2.24) is 0 Å². The molecule has 0 rings (SSSR count). The summed E-state index contributed by atoms with van der Waals surface area (Å²) >= 11 is 0. The van der Waals surface area contributed by atoms with Crippen LogP contribution >= 0.6 is 0 Å². The van der Waals surface area contributed by atoms with E-state index in [1.807, 2.05) is 0 Å². The third kappa shape index (κ3) is 4.80. The van der Waals surface area contributed by atoms with E-state index in [-0.39, 0.29) is 0 Å². The third-order valence-corrected chi connectivity index (χ3v) is 2.12. The Morgan fingerprint density at radius 2 is 1.80 bits per heavy atom. The molecule has 10 heavy (non-hydrogen) atoms. The number of rotatable bonds is 6. The molecule has 0 unspecified atom stereocenters. The van der Waals surface area contributed by atoms with Crippen LogP contribution in [0.3, 0.4) is 0 Å². The smallest absolute Gasteiger partial charge is 0.0462 e. The Balaban J connectivity index is 3.09. The summed E-state index contributed by atoms with van der Waals surface area (Å²) in [5.74, 6) is 0.926. The second-order valence-corrected chi connectivity index (χ2v) is 2.82. The summed E-state index contributed by atoms with van der Waals surface area (Å²) in [5.41, 5.74) is 0. The maximum Gasteiger partial charge on any atom is 0.0462 e. The third-order valence-electron chi connectivity index (χ3n) is 2.12. The fourth-order valence-corrected chi connectivity index (χ4v) is 1.21. The maximum absolute atomic E-state index is 4.98. The highest BCUT2D eigenvalue weighted by molar-refractivity contribution is 4.53. The van der Waals surface area contributed by atoms with Crippen LogP contribution in [0.15, 0.2) is 0 Å². The van der Waals surface area contributed by atoms with Crippen LogP contribution in [-0.2, 0) is 4.74 Å². The SMILES string of the molecule is CCC(CC)CCCOC. The second-order valence-electron chi connectivity index (χ2n) is 2.82. The lowest BCUT2D eigenvalue weighted by atomic mass is 9.98. The van der Waals surface area contributed by atoms with Crippen molar-refractivity contribution in [3.8, 4) is 0 Å². The van der Waals surface area contributed by atoms with Crippen LogP contribution in [0.1, 0.15) is 39.5 Å². The summed E-state index contributed by atoms with van der Waals surface area (Å²) in [7, 11) is 1.77. The predicted molar refractivity (Wildman–Crippen MR) is 45.2 cm³/mol. The minimum absolute atomic E-state index is 0.926. The highest BCUT2D eigenvalue weighted by Gasteiger charge is 2.01. The van der Waals surface area contributed by atoms with Crippen LogP contribution in [0, 0.1) is 5.92 Å². The van der Waals surface area contributed by atoms with Crippen molar-refractivity contribution in [1.29, 1.82) is 0 Å². The summed E-state index contributed by atoms with van der Waals surface area (Å²) < 4.78 is 4.98. The molecule has 0 atom stereocenters. The molecule has 0 spiro atoms.